The van der Waals surface area contributed by atoms with Crippen LogP contribution in [-0.4, -0.2) is 9.85 Å². The molecule has 0 amide bonds. The van der Waals surface area contributed by atoms with E-state index in [1.54, 1.807) is 12.1 Å². The highest BCUT2D eigenvalue weighted by Crippen LogP contribution is 2.34. The highest BCUT2D eigenvalue weighted by atomic mass is 35.5. The maximum absolute atomic E-state index is 10.8. The van der Waals surface area contributed by atoms with Crippen molar-refractivity contribution in [2.24, 2.45) is 0 Å². The first kappa shape index (κ1) is 14.2. The van der Waals surface area contributed by atoms with Crippen LogP contribution in [-0.2, 0) is 0 Å². The maximum atomic E-state index is 10.8. The van der Waals surface area contributed by atoms with Crippen LogP contribution in [0.2, 0.25) is 10.0 Å². The Morgan fingerprint density at radius 3 is 1.40 bits per heavy atom. The molecule has 8 heteroatoms. The van der Waals surface area contributed by atoms with Crippen molar-refractivity contribution in [2.45, 2.75) is 0 Å². The summed E-state index contributed by atoms with van der Waals surface area (Å²) in [7, 11) is 0. The first-order chi connectivity index (χ1) is 9.40. The lowest BCUT2D eigenvalue weighted by Crippen LogP contribution is -1.92. The number of rotatable bonds is 3. The Morgan fingerprint density at radius 1 is 0.750 bits per heavy atom. The van der Waals surface area contributed by atoms with Crippen molar-refractivity contribution in [1.82, 2.24) is 0 Å². The van der Waals surface area contributed by atoms with Crippen molar-refractivity contribution in [3.05, 3.63) is 66.7 Å². The summed E-state index contributed by atoms with van der Waals surface area (Å²) in [6, 6.07) is 8.35. The molecule has 0 fully saturated rings. The second-order valence-corrected chi connectivity index (χ2v) is 4.66. The lowest BCUT2D eigenvalue weighted by Gasteiger charge is -2.04. The van der Waals surface area contributed by atoms with Crippen molar-refractivity contribution >= 4 is 34.6 Å². The fourth-order valence-electron chi connectivity index (χ4n) is 1.66. The molecule has 2 aromatic carbocycles. The van der Waals surface area contributed by atoms with Crippen LogP contribution >= 0.6 is 23.2 Å². The molecule has 0 radical (unpaired) electrons. The molecule has 0 bridgehead atoms. The topological polar surface area (TPSA) is 86.3 Å². The Labute approximate surface area is 122 Å². The quantitative estimate of drug-likeness (QED) is 0.617. The number of nitrogens with zero attached hydrogens (tertiary/aromatic N) is 2. The number of hydrogen-bond donors (Lipinski definition) is 0. The molecule has 0 aliphatic rings. The number of benzene rings is 2. The number of nitro groups is 2. The molecular weight excluding hydrogens is 307 g/mol. The van der Waals surface area contributed by atoms with Gasteiger partial charge in [-0.25, -0.2) is 0 Å². The summed E-state index contributed by atoms with van der Waals surface area (Å²) in [4.78, 5) is 20.4. The van der Waals surface area contributed by atoms with Crippen molar-refractivity contribution in [3.8, 4) is 11.1 Å². The van der Waals surface area contributed by atoms with Gasteiger partial charge in [-0.3, -0.25) is 20.2 Å². The van der Waals surface area contributed by atoms with E-state index in [1.165, 1.54) is 24.3 Å². The third-order valence-electron chi connectivity index (χ3n) is 2.62. The van der Waals surface area contributed by atoms with Crippen molar-refractivity contribution in [2.75, 3.05) is 0 Å². The largest absolute Gasteiger partial charge is 0.288 e. The average molecular weight is 313 g/mol. The maximum Gasteiger partial charge on any atom is 0.288 e. The van der Waals surface area contributed by atoms with Gasteiger partial charge in [0.1, 0.15) is 10.0 Å². The normalized spacial score (nSPS) is 10.3. The van der Waals surface area contributed by atoms with Gasteiger partial charge in [0.25, 0.3) is 11.4 Å². The van der Waals surface area contributed by atoms with Crippen molar-refractivity contribution in [3.63, 3.8) is 0 Å². The zero-order chi connectivity index (χ0) is 14.9. The van der Waals surface area contributed by atoms with Gasteiger partial charge < -0.3 is 0 Å². The molecule has 0 unspecified atom stereocenters. The third kappa shape index (κ3) is 2.71. The van der Waals surface area contributed by atoms with Crippen LogP contribution in [0.4, 0.5) is 11.4 Å². The van der Waals surface area contributed by atoms with E-state index in [0.717, 1.165) is 0 Å². The second-order valence-electron chi connectivity index (χ2n) is 3.85. The van der Waals surface area contributed by atoms with Gasteiger partial charge in [-0.15, -0.1) is 0 Å². The predicted octanol–water partition coefficient (Wildman–Crippen LogP) is 4.48. The van der Waals surface area contributed by atoms with Crippen LogP contribution in [0.5, 0.6) is 0 Å². The van der Waals surface area contributed by atoms with E-state index in [-0.39, 0.29) is 21.4 Å². The molecule has 2 aromatic rings. The minimum Gasteiger partial charge on any atom is -0.258 e. The number of nitro benzene ring substituents is 2. The van der Waals surface area contributed by atoms with Gasteiger partial charge >= 0.3 is 0 Å². The smallest absolute Gasteiger partial charge is 0.258 e. The summed E-state index contributed by atoms with van der Waals surface area (Å²) < 4.78 is 0. The summed E-state index contributed by atoms with van der Waals surface area (Å²) in [6.45, 7) is 0. The Morgan fingerprint density at radius 2 is 1.10 bits per heavy atom. The van der Waals surface area contributed by atoms with E-state index in [2.05, 4.69) is 0 Å². The lowest BCUT2D eigenvalue weighted by molar-refractivity contribution is -0.385. The van der Waals surface area contributed by atoms with Gasteiger partial charge in [-0.1, -0.05) is 35.3 Å². The highest BCUT2D eigenvalue weighted by molar-refractivity contribution is 6.33. The summed E-state index contributed by atoms with van der Waals surface area (Å²) >= 11 is 11.4. The molecule has 0 saturated heterocycles. The van der Waals surface area contributed by atoms with Crippen LogP contribution in [0, 0.1) is 20.2 Å². The Hall–Kier alpha value is -2.18. The Kier molecular flexibility index (Phi) is 3.87. The molecule has 102 valence electrons. The molecule has 0 heterocycles. The van der Waals surface area contributed by atoms with E-state index >= 15 is 0 Å². The summed E-state index contributed by atoms with van der Waals surface area (Å²) in [6.07, 6.45) is 0. The van der Waals surface area contributed by atoms with Gasteiger partial charge in [0.15, 0.2) is 0 Å². The fourth-order valence-corrected chi connectivity index (χ4v) is 2.04. The third-order valence-corrected chi connectivity index (χ3v) is 3.26. The van der Waals surface area contributed by atoms with Crippen molar-refractivity contribution in [1.29, 1.82) is 0 Å². The van der Waals surface area contributed by atoms with Gasteiger partial charge in [0, 0.05) is 12.1 Å². The highest BCUT2D eigenvalue weighted by Gasteiger charge is 2.17. The molecule has 6 nitrogen and oxygen atoms in total. The molecule has 0 aliphatic heterocycles. The van der Waals surface area contributed by atoms with E-state index in [0.29, 0.717) is 11.1 Å². The monoisotopic (exact) mass is 312 g/mol. The van der Waals surface area contributed by atoms with Crippen molar-refractivity contribution < 1.29 is 9.85 Å². The van der Waals surface area contributed by atoms with Gasteiger partial charge in [0.05, 0.1) is 9.85 Å². The summed E-state index contributed by atoms with van der Waals surface area (Å²) in [5.74, 6) is 0. The summed E-state index contributed by atoms with van der Waals surface area (Å²) in [5.41, 5.74) is 0.366. The van der Waals surface area contributed by atoms with Crippen LogP contribution < -0.4 is 0 Å². The molecule has 0 saturated carbocycles. The molecule has 0 aromatic heterocycles. The van der Waals surface area contributed by atoms with Gasteiger partial charge in [-0.2, -0.15) is 0 Å². The van der Waals surface area contributed by atoms with E-state index < -0.39 is 9.85 Å². The van der Waals surface area contributed by atoms with E-state index in [1.807, 2.05) is 0 Å². The standard InChI is InChI=1S/C12H6Cl2N2O4/c13-9-3-1-7(5-11(9)15(17)18)8-2-4-10(14)12(6-8)16(19)20/h1-6H. The van der Waals surface area contributed by atoms with Crippen LogP contribution in [0.15, 0.2) is 36.4 Å². The molecule has 0 atom stereocenters. The van der Waals surface area contributed by atoms with Crippen LogP contribution in [0.25, 0.3) is 11.1 Å². The zero-order valence-electron chi connectivity index (χ0n) is 9.75. The fraction of sp³-hybridized carbons (Fsp3) is 0. The summed E-state index contributed by atoms with van der Waals surface area (Å²) in [5, 5.41) is 21.7. The Balaban J connectivity index is 2.57. The van der Waals surface area contributed by atoms with Crippen LogP contribution in [0.3, 0.4) is 0 Å². The zero-order valence-corrected chi connectivity index (χ0v) is 11.3. The number of hydrogen-bond acceptors (Lipinski definition) is 4. The lowest BCUT2D eigenvalue weighted by atomic mass is 10.0. The molecule has 20 heavy (non-hydrogen) atoms. The Bertz CT molecular complexity index is 657. The first-order valence-electron chi connectivity index (χ1n) is 5.28. The average Bonchev–Trinajstić information content (AvgIpc) is 2.39. The molecular formula is C12H6Cl2N2O4. The first-order valence-corrected chi connectivity index (χ1v) is 6.04. The minimum absolute atomic E-state index is 0.00205. The van der Waals surface area contributed by atoms with Crippen LogP contribution in [0.1, 0.15) is 0 Å². The van der Waals surface area contributed by atoms with E-state index in [9.17, 15) is 20.2 Å². The molecule has 0 spiro atoms. The molecule has 0 aliphatic carbocycles. The van der Waals surface area contributed by atoms with Gasteiger partial charge in [0.2, 0.25) is 0 Å². The number of halogens is 2. The van der Waals surface area contributed by atoms with Gasteiger partial charge in [-0.05, 0) is 23.3 Å². The molecule has 0 N–H and O–H groups in total. The SMILES string of the molecule is O=[N+]([O-])c1cc(-c2ccc(Cl)c([N+](=O)[O-])c2)ccc1Cl. The van der Waals surface area contributed by atoms with E-state index in [4.69, 9.17) is 23.2 Å². The molecule has 2 rings (SSSR count). The second kappa shape index (κ2) is 5.44. The predicted molar refractivity (Wildman–Crippen MR) is 75.2 cm³/mol. The minimum atomic E-state index is -0.615.